The number of hydrogen-bond donors (Lipinski definition) is 2. The zero-order chi connectivity index (χ0) is 22.3. The van der Waals surface area contributed by atoms with Crippen molar-refractivity contribution in [2.75, 3.05) is 39.3 Å². The van der Waals surface area contributed by atoms with Crippen LogP contribution in [0.5, 0.6) is 0 Å². The summed E-state index contributed by atoms with van der Waals surface area (Å²) in [4.78, 5) is 71.2. The molecule has 2 fully saturated rings. The van der Waals surface area contributed by atoms with E-state index in [2.05, 4.69) is 0 Å². The van der Waals surface area contributed by atoms with Crippen molar-refractivity contribution in [2.24, 2.45) is 0 Å². The summed E-state index contributed by atoms with van der Waals surface area (Å²) in [7, 11) is 0. The number of hydrogen-bond acceptors (Lipinski definition) is 8. The fourth-order valence-electron chi connectivity index (χ4n) is 2.91. The second-order valence-corrected chi connectivity index (χ2v) is 7.49. The van der Waals surface area contributed by atoms with Gasteiger partial charge in [-0.1, -0.05) is 6.07 Å². The van der Waals surface area contributed by atoms with Crippen LogP contribution in [0.4, 0.5) is 0 Å². The summed E-state index contributed by atoms with van der Waals surface area (Å²) in [6.07, 6.45) is 0.398. The number of carboxylic acids is 2. The average Bonchev–Trinajstić information content (AvgIpc) is 3.35. The van der Waals surface area contributed by atoms with E-state index in [9.17, 15) is 19.2 Å². The molecule has 3 amide bonds. The summed E-state index contributed by atoms with van der Waals surface area (Å²) in [5.74, 6) is -4.30. The van der Waals surface area contributed by atoms with Gasteiger partial charge in [0.15, 0.2) is 5.78 Å². The van der Waals surface area contributed by atoms with E-state index < -0.39 is 11.9 Å². The van der Waals surface area contributed by atoms with Crippen molar-refractivity contribution < 1.29 is 39.0 Å². The molecule has 30 heavy (non-hydrogen) atoms. The van der Waals surface area contributed by atoms with E-state index in [1.54, 1.807) is 4.90 Å². The van der Waals surface area contributed by atoms with Crippen molar-refractivity contribution in [1.29, 1.82) is 0 Å². The Hall–Kier alpha value is -3.12. The average molecular weight is 439 g/mol. The summed E-state index contributed by atoms with van der Waals surface area (Å²) in [5, 5.41) is 16.7. The van der Waals surface area contributed by atoms with Gasteiger partial charge in [-0.3, -0.25) is 29.0 Å². The Balaban J connectivity index is 0.000000469. The Labute approximate surface area is 175 Å². The molecule has 1 aromatic rings. The first kappa shape index (κ1) is 23.2. The van der Waals surface area contributed by atoms with Crippen LogP contribution in [-0.4, -0.2) is 99.6 Å². The van der Waals surface area contributed by atoms with Crippen LogP contribution in [0.3, 0.4) is 0 Å². The molecule has 3 heterocycles. The maximum absolute atomic E-state index is 12.3. The first-order chi connectivity index (χ1) is 14.2. The zero-order valence-corrected chi connectivity index (χ0v) is 16.8. The van der Waals surface area contributed by atoms with Gasteiger partial charge in [-0.05, 0) is 11.4 Å². The van der Waals surface area contributed by atoms with Crippen molar-refractivity contribution in [1.82, 2.24) is 14.7 Å². The highest BCUT2D eigenvalue weighted by molar-refractivity contribution is 7.12. The number of likely N-dealkylation sites (tertiary alicyclic amines) is 1. The van der Waals surface area contributed by atoms with Crippen molar-refractivity contribution in [3.05, 3.63) is 22.4 Å². The van der Waals surface area contributed by atoms with Crippen LogP contribution in [0.15, 0.2) is 17.5 Å². The molecule has 0 aromatic carbocycles. The third kappa shape index (κ3) is 6.46. The minimum Gasteiger partial charge on any atom is -0.473 e. The Morgan fingerprint density at radius 1 is 0.900 bits per heavy atom. The van der Waals surface area contributed by atoms with Crippen LogP contribution < -0.4 is 0 Å². The van der Waals surface area contributed by atoms with Gasteiger partial charge >= 0.3 is 11.9 Å². The summed E-state index contributed by atoms with van der Waals surface area (Å²) >= 11 is 1.43. The lowest BCUT2D eigenvalue weighted by Gasteiger charge is -2.34. The zero-order valence-electron chi connectivity index (χ0n) is 16.0. The molecule has 0 saturated carbocycles. The molecule has 12 heteroatoms. The molecular weight excluding hydrogens is 418 g/mol. The van der Waals surface area contributed by atoms with E-state index in [1.165, 1.54) is 11.3 Å². The second-order valence-electron chi connectivity index (χ2n) is 6.54. The highest BCUT2D eigenvalue weighted by Crippen LogP contribution is 2.13. The Kier molecular flexibility index (Phi) is 8.18. The number of ketones is 1. The van der Waals surface area contributed by atoms with Gasteiger partial charge in [0.2, 0.25) is 17.7 Å². The quantitative estimate of drug-likeness (QED) is 0.347. The largest absolute Gasteiger partial charge is 0.473 e. The number of piperazine rings is 1. The van der Waals surface area contributed by atoms with Gasteiger partial charge < -0.3 is 15.1 Å². The van der Waals surface area contributed by atoms with Crippen LogP contribution >= 0.6 is 11.3 Å². The van der Waals surface area contributed by atoms with Crippen LogP contribution in [-0.2, 0) is 24.0 Å². The molecule has 3 rings (SSSR count). The van der Waals surface area contributed by atoms with Gasteiger partial charge in [0.05, 0.1) is 11.4 Å². The Morgan fingerprint density at radius 3 is 1.93 bits per heavy atom. The summed E-state index contributed by atoms with van der Waals surface area (Å²) < 4.78 is 0. The third-order valence-electron chi connectivity index (χ3n) is 4.52. The molecule has 11 nitrogen and oxygen atoms in total. The molecule has 2 aliphatic rings. The normalized spacial score (nSPS) is 16.8. The first-order valence-corrected chi connectivity index (χ1v) is 9.93. The molecule has 0 atom stereocenters. The standard InChI is InChI=1S/C16H19N3O4S.C2H2O4/c20-12(13-2-1-9-24-13)10-17-5-7-18(8-6-17)16(23)11-19-14(21)3-4-15(19)22;3-1(4)2(5)6/h1-2,9H,3-8,10-11H2;(H,3,4)(H,5,6). The van der Waals surface area contributed by atoms with Gasteiger partial charge in [0.25, 0.3) is 0 Å². The third-order valence-corrected chi connectivity index (χ3v) is 5.43. The van der Waals surface area contributed by atoms with E-state index in [-0.39, 0.29) is 42.9 Å². The Morgan fingerprint density at radius 2 is 1.47 bits per heavy atom. The highest BCUT2D eigenvalue weighted by Gasteiger charge is 2.32. The summed E-state index contributed by atoms with van der Waals surface area (Å²) in [5.41, 5.74) is 0. The maximum Gasteiger partial charge on any atom is 0.414 e. The summed E-state index contributed by atoms with van der Waals surface area (Å²) in [6, 6.07) is 3.67. The fourth-order valence-corrected chi connectivity index (χ4v) is 3.56. The number of imide groups is 1. The summed E-state index contributed by atoms with van der Waals surface area (Å²) in [6.45, 7) is 2.44. The molecule has 0 unspecified atom stereocenters. The first-order valence-electron chi connectivity index (χ1n) is 9.05. The SMILES string of the molecule is O=C(CN1CCN(C(=O)CN2C(=O)CCC2=O)CC1)c1cccs1.O=C(O)C(=O)O. The van der Waals surface area contributed by atoms with E-state index in [0.29, 0.717) is 32.7 Å². The molecule has 2 saturated heterocycles. The molecule has 0 radical (unpaired) electrons. The number of carbonyl (C=O) groups excluding carboxylic acids is 4. The number of carbonyl (C=O) groups is 6. The molecule has 0 aliphatic carbocycles. The highest BCUT2D eigenvalue weighted by atomic mass is 32.1. The van der Waals surface area contributed by atoms with Gasteiger partial charge in [0, 0.05) is 39.0 Å². The number of amides is 3. The monoisotopic (exact) mass is 439 g/mol. The smallest absolute Gasteiger partial charge is 0.414 e. The van der Waals surface area contributed by atoms with Crippen LogP contribution in [0.1, 0.15) is 22.5 Å². The molecule has 1 aromatic heterocycles. The Bertz CT molecular complexity index is 802. The molecule has 0 spiro atoms. The van der Waals surface area contributed by atoms with Gasteiger partial charge in [0.1, 0.15) is 6.54 Å². The molecular formula is C18H21N3O8S. The van der Waals surface area contributed by atoms with Crippen LogP contribution in [0, 0.1) is 0 Å². The number of nitrogens with zero attached hydrogens (tertiary/aromatic N) is 3. The number of carboxylic acid groups (broad SMARTS) is 2. The molecule has 162 valence electrons. The van der Waals surface area contributed by atoms with E-state index in [1.807, 2.05) is 22.4 Å². The minimum absolute atomic E-state index is 0.0954. The molecule has 2 aliphatic heterocycles. The molecule has 2 N–H and O–H groups in total. The van der Waals surface area contributed by atoms with Gasteiger partial charge in [-0.25, -0.2) is 9.59 Å². The van der Waals surface area contributed by atoms with Crippen molar-refractivity contribution in [2.45, 2.75) is 12.8 Å². The number of aliphatic carboxylic acids is 2. The maximum atomic E-state index is 12.3. The van der Waals surface area contributed by atoms with Crippen molar-refractivity contribution in [3.63, 3.8) is 0 Å². The van der Waals surface area contributed by atoms with Crippen LogP contribution in [0.2, 0.25) is 0 Å². The fraction of sp³-hybridized carbons (Fsp3) is 0.444. The van der Waals surface area contributed by atoms with Crippen molar-refractivity contribution in [3.8, 4) is 0 Å². The minimum atomic E-state index is -1.82. The van der Waals surface area contributed by atoms with E-state index in [4.69, 9.17) is 19.8 Å². The van der Waals surface area contributed by atoms with Gasteiger partial charge in [-0.2, -0.15) is 0 Å². The number of thiophene rings is 1. The van der Waals surface area contributed by atoms with Gasteiger partial charge in [-0.15, -0.1) is 11.3 Å². The van der Waals surface area contributed by atoms with E-state index in [0.717, 1.165) is 9.78 Å². The lowest BCUT2D eigenvalue weighted by atomic mass is 10.2. The van der Waals surface area contributed by atoms with Crippen LogP contribution in [0.25, 0.3) is 0 Å². The van der Waals surface area contributed by atoms with Crippen molar-refractivity contribution >= 4 is 46.8 Å². The number of Topliss-reactive ketones (excluding diaryl/α,β-unsaturated/α-hetero) is 1. The number of rotatable bonds is 5. The lowest BCUT2D eigenvalue weighted by molar-refractivity contribution is -0.159. The predicted molar refractivity (Wildman–Crippen MR) is 103 cm³/mol. The lowest BCUT2D eigenvalue weighted by Crippen LogP contribution is -2.52. The predicted octanol–water partition coefficient (Wildman–Crippen LogP) is -0.620. The topological polar surface area (TPSA) is 153 Å². The molecule has 0 bridgehead atoms. The van der Waals surface area contributed by atoms with E-state index >= 15 is 0 Å². The second kappa shape index (κ2) is 10.6.